The number of nitrogens with one attached hydrogen (secondary N) is 1. The highest BCUT2D eigenvalue weighted by Gasteiger charge is 2.20. The number of hydrogen-bond donors (Lipinski definition) is 2. The largest absolute Gasteiger partial charge is 0.505 e. The molecule has 0 aliphatic heterocycles. The Bertz CT molecular complexity index is 1570. The molecule has 0 aliphatic rings. The van der Waals surface area contributed by atoms with Crippen molar-refractivity contribution in [3.63, 3.8) is 0 Å². The zero-order valence-corrected chi connectivity index (χ0v) is 18.3. The van der Waals surface area contributed by atoms with Crippen molar-refractivity contribution in [3.8, 4) is 17.0 Å². The van der Waals surface area contributed by atoms with Gasteiger partial charge >= 0.3 is 0 Å². The van der Waals surface area contributed by atoms with Crippen LogP contribution in [0.1, 0.15) is 15.9 Å². The van der Waals surface area contributed by atoms with Crippen LogP contribution >= 0.6 is 11.3 Å². The average Bonchev–Trinajstić information content (AvgIpc) is 3.53. The molecule has 2 N–H and O–H groups in total. The highest BCUT2D eigenvalue weighted by atomic mass is 32.1. The van der Waals surface area contributed by atoms with Gasteiger partial charge in [-0.3, -0.25) is 4.79 Å². The monoisotopic (exact) mass is 465 g/mol. The number of amides is 1. The highest BCUT2D eigenvalue weighted by Crippen LogP contribution is 2.40. The van der Waals surface area contributed by atoms with E-state index >= 15 is 0 Å². The summed E-state index contributed by atoms with van der Waals surface area (Å²) in [5.74, 6) is -0.647. The van der Waals surface area contributed by atoms with Crippen LogP contribution in [0.2, 0.25) is 0 Å². The van der Waals surface area contributed by atoms with Crippen LogP contribution < -0.4 is 5.32 Å². The van der Waals surface area contributed by atoms with Crippen molar-refractivity contribution in [2.24, 2.45) is 10.2 Å². The number of aromatic nitrogens is 3. The number of phenols is 1. The van der Waals surface area contributed by atoms with Crippen LogP contribution in [0, 0.1) is 11.3 Å². The standard InChI is InChI=1S/C24H15N7O2S/c25-13-16-14-27-31(24-26-10-11-34-24)22(16)30-29-20-18-9-5-4-6-15(18)12-19(21(20)32)23(33)28-17-7-2-1-3-8-17/h1-12,14,32H,(H,28,33)/b30-29+. The minimum absolute atomic E-state index is 0.0467. The Morgan fingerprint density at radius 3 is 2.68 bits per heavy atom. The predicted octanol–water partition coefficient (Wildman–Crippen LogP) is 5.73. The van der Waals surface area contributed by atoms with Gasteiger partial charge in [0, 0.05) is 22.7 Å². The lowest BCUT2D eigenvalue weighted by molar-refractivity contribution is 0.102. The summed E-state index contributed by atoms with van der Waals surface area (Å²) >= 11 is 1.32. The summed E-state index contributed by atoms with van der Waals surface area (Å²) in [5.41, 5.74) is 0.937. The number of rotatable bonds is 5. The van der Waals surface area contributed by atoms with Crippen LogP contribution in [0.15, 0.2) is 88.7 Å². The van der Waals surface area contributed by atoms with Gasteiger partial charge < -0.3 is 10.4 Å². The Kier molecular flexibility index (Phi) is 5.51. The fourth-order valence-corrected chi connectivity index (χ4v) is 3.99. The van der Waals surface area contributed by atoms with Gasteiger partial charge in [-0.15, -0.1) is 21.6 Å². The van der Waals surface area contributed by atoms with Crippen molar-refractivity contribution in [2.45, 2.75) is 0 Å². The minimum atomic E-state index is -0.489. The molecule has 0 spiro atoms. The van der Waals surface area contributed by atoms with Gasteiger partial charge in [-0.25, -0.2) is 4.98 Å². The molecule has 3 aromatic carbocycles. The van der Waals surface area contributed by atoms with Crippen LogP contribution in [-0.2, 0) is 0 Å². The van der Waals surface area contributed by atoms with E-state index in [0.717, 1.165) is 0 Å². The third kappa shape index (κ3) is 3.87. The number of carbonyl (C=O) groups is 1. The number of nitriles is 1. The first-order valence-corrected chi connectivity index (χ1v) is 10.9. The van der Waals surface area contributed by atoms with Gasteiger partial charge in [-0.1, -0.05) is 42.5 Å². The number of carbonyl (C=O) groups excluding carboxylic acids is 1. The maximum Gasteiger partial charge on any atom is 0.259 e. The molecule has 34 heavy (non-hydrogen) atoms. The maximum atomic E-state index is 13.0. The number of nitrogens with zero attached hydrogens (tertiary/aromatic N) is 6. The predicted molar refractivity (Wildman–Crippen MR) is 128 cm³/mol. The van der Waals surface area contributed by atoms with Gasteiger partial charge in [0.05, 0.1) is 11.8 Å². The normalized spacial score (nSPS) is 11.0. The molecule has 5 rings (SSSR count). The van der Waals surface area contributed by atoms with Gasteiger partial charge in [-0.05, 0) is 23.6 Å². The molecule has 0 fully saturated rings. The van der Waals surface area contributed by atoms with E-state index in [0.29, 0.717) is 21.6 Å². The first-order valence-electron chi connectivity index (χ1n) is 10.1. The summed E-state index contributed by atoms with van der Waals surface area (Å²) in [5, 5.41) is 39.6. The second-order valence-corrected chi connectivity index (χ2v) is 7.96. The van der Waals surface area contributed by atoms with E-state index in [9.17, 15) is 15.2 Å². The quantitative estimate of drug-likeness (QED) is 0.320. The van der Waals surface area contributed by atoms with Gasteiger partial charge in [0.25, 0.3) is 5.91 Å². The topological polar surface area (TPSA) is 129 Å². The van der Waals surface area contributed by atoms with Gasteiger partial charge in [0.2, 0.25) is 5.13 Å². The van der Waals surface area contributed by atoms with Crippen molar-refractivity contribution < 1.29 is 9.90 Å². The van der Waals surface area contributed by atoms with Crippen LogP contribution in [0.25, 0.3) is 15.9 Å². The first-order chi connectivity index (χ1) is 16.7. The van der Waals surface area contributed by atoms with Crippen LogP contribution in [0.5, 0.6) is 5.75 Å². The zero-order chi connectivity index (χ0) is 23.5. The van der Waals surface area contributed by atoms with Crippen LogP contribution in [-0.4, -0.2) is 25.8 Å². The minimum Gasteiger partial charge on any atom is -0.505 e. The van der Waals surface area contributed by atoms with Gasteiger partial charge in [0.1, 0.15) is 17.3 Å². The summed E-state index contributed by atoms with van der Waals surface area (Å²) in [7, 11) is 0. The Morgan fingerprint density at radius 2 is 1.91 bits per heavy atom. The lowest BCUT2D eigenvalue weighted by Gasteiger charge is -2.11. The number of thiazole rings is 1. The Balaban J connectivity index is 1.61. The molecule has 0 saturated carbocycles. The van der Waals surface area contributed by atoms with Crippen molar-refractivity contribution in [2.75, 3.05) is 5.32 Å². The molecule has 1 amide bonds. The second-order valence-electron chi connectivity index (χ2n) is 7.08. The SMILES string of the molecule is N#Cc1cnn(-c2nccs2)c1/N=N/c1c(O)c(C(=O)Nc2ccccc2)cc2ccccc12. The molecule has 0 atom stereocenters. The van der Waals surface area contributed by atoms with E-state index < -0.39 is 5.91 Å². The fourth-order valence-electron chi connectivity index (χ4n) is 3.39. The lowest BCUT2D eigenvalue weighted by Crippen LogP contribution is -2.12. The van der Waals surface area contributed by atoms with Crippen molar-refractivity contribution in [1.29, 1.82) is 5.26 Å². The van der Waals surface area contributed by atoms with Gasteiger partial charge in [-0.2, -0.15) is 15.0 Å². The average molecular weight is 465 g/mol. The Hall–Kier alpha value is -4.88. The number of benzene rings is 3. The summed E-state index contributed by atoms with van der Waals surface area (Å²) in [4.78, 5) is 17.2. The summed E-state index contributed by atoms with van der Waals surface area (Å²) in [6, 6.07) is 19.8. The molecule has 9 nitrogen and oxygen atoms in total. The molecule has 164 valence electrons. The molecule has 2 heterocycles. The smallest absolute Gasteiger partial charge is 0.259 e. The molecule has 5 aromatic rings. The van der Waals surface area contributed by atoms with Crippen LogP contribution in [0.4, 0.5) is 17.2 Å². The summed E-state index contributed by atoms with van der Waals surface area (Å²) in [6.07, 6.45) is 2.99. The van der Waals surface area contributed by atoms with E-state index in [1.54, 1.807) is 54.0 Å². The van der Waals surface area contributed by atoms with Crippen molar-refractivity contribution in [1.82, 2.24) is 14.8 Å². The number of azo groups is 1. The fraction of sp³-hybridized carbons (Fsp3) is 0. The van der Waals surface area contributed by atoms with E-state index in [4.69, 9.17) is 0 Å². The number of anilines is 1. The number of phenolic OH excluding ortho intramolecular Hbond substituents is 1. The van der Waals surface area contributed by atoms with E-state index in [-0.39, 0.29) is 28.4 Å². The third-order valence-electron chi connectivity index (χ3n) is 4.98. The molecule has 0 radical (unpaired) electrons. The molecule has 0 unspecified atom stereocenters. The number of hydrogen-bond acceptors (Lipinski definition) is 8. The molecular weight excluding hydrogens is 450 g/mol. The highest BCUT2D eigenvalue weighted by molar-refractivity contribution is 7.12. The Labute approximate surface area is 197 Å². The van der Waals surface area contributed by atoms with Gasteiger partial charge in [0.15, 0.2) is 11.6 Å². The number of aromatic hydroxyl groups is 1. The van der Waals surface area contributed by atoms with E-state index in [2.05, 4.69) is 25.6 Å². The molecule has 0 saturated heterocycles. The van der Waals surface area contributed by atoms with E-state index in [1.165, 1.54) is 22.2 Å². The first kappa shape index (κ1) is 21.0. The third-order valence-corrected chi connectivity index (χ3v) is 5.73. The summed E-state index contributed by atoms with van der Waals surface area (Å²) < 4.78 is 1.40. The number of fused-ring (bicyclic) bond motifs is 1. The molecule has 10 heteroatoms. The van der Waals surface area contributed by atoms with Crippen molar-refractivity contribution in [3.05, 3.63) is 89.6 Å². The second kappa shape index (κ2) is 8.93. The molecular formula is C24H15N7O2S. The lowest BCUT2D eigenvalue weighted by atomic mass is 10.0. The molecule has 0 bridgehead atoms. The zero-order valence-electron chi connectivity index (χ0n) is 17.5. The molecule has 2 aromatic heterocycles. The molecule has 0 aliphatic carbocycles. The maximum absolute atomic E-state index is 13.0. The summed E-state index contributed by atoms with van der Waals surface area (Å²) in [6.45, 7) is 0. The van der Waals surface area contributed by atoms with Crippen LogP contribution in [0.3, 0.4) is 0 Å². The number of para-hydroxylation sites is 1. The van der Waals surface area contributed by atoms with Crippen molar-refractivity contribution >= 4 is 45.2 Å². The van der Waals surface area contributed by atoms with E-state index in [1.807, 2.05) is 24.3 Å². The Morgan fingerprint density at radius 1 is 1.12 bits per heavy atom.